The lowest BCUT2D eigenvalue weighted by molar-refractivity contribution is 0.0943. The first kappa shape index (κ1) is 18.1. The van der Waals surface area contributed by atoms with E-state index in [2.05, 4.69) is 25.5 Å². The van der Waals surface area contributed by atoms with Crippen molar-refractivity contribution in [2.45, 2.75) is 20.4 Å². The highest BCUT2D eigenvalue weighted by Gasteiger charge is 2.17. The third-order valence-electron chi connectivity index (χ3n) is 4.71. The molecular weight excluding hydrogens is 378 g/mol. The van der Waals surface area contributed by atoms with Gasteiger partial charge in [0.2, 0.25) is 0 Å². The predicted molar refractivity (Wildman–Crippen MR) is 105 cm³/mol. The van der Waals surface area contributed by atoms with Crippen molar-refractivity contribution in [1.29, 1.82) is 0 Å². The summed E-state index contributed by atoms with van der Waals surface area (Å²) in [4.78, 5) is 21.5. The number of nitrogens with one attached hydrogen (secondary N) is 1. The molecule has 142 valence electrons. The van der Waals surface area contributed by atoms with Gasteiger partial charge in [0.1, 0.15) is 12.0 Å². The van der Waals surface area contributed by atoms with E-state index in [1.54, 1.807) is 22.9 Å². The molecule has 9 heteroatoms. The lowest BCUT2D eigenvalue weighted by Crippen LogP contribution is -2.26. The number of hydrogen-bond donors (Lipinski definition) is 1. The number of benzene rings is 1. The highest BCUT2D eigenvalue weighted by Crippen LogP contribution is 2.21. The Kier molecular flexibility index (Phi) is 4.56. The molecule has 4 rings (SSSR count). The molecule has 3 aromatic heterocycles. The molecule has 0 unspecified atom stereocenters. The lowest BCUT2D eigenvalue weighted by Gasteiger charge is -2.09. The zero-order valence-corrected chi connectivity index (χ0v) is 16.4. The summed E-state index contributed by atoms with van der Waals surface area (Å²) in [6.45, 7) is 4.27. The van der Waals surface area contributed by atoms with Crippen LogP contribution in [0.2, 0.25) is 5.02 Å². The van der Waals surface area contributed by atoms with E-state index in [1.165, 1.54) is 10.8 Å². The second-order valence-electron chi connectivity index (χ2n) is 6.46. The Hall–Kier alpha value is -3.26. The van der Waals surface area contributed by atoms with Crippen LogP contribution in [0, 0.1) is 13.8 Å². The highest BCUT2D eigenvalue weighted by molar-refractivity contribution is 6.30. The first-order chi connectivity index (χ1) is 13.4. The molecule has 0 fully saturated rings. The smallest absolute Gasteiger partial charge is 0.270 e. The van der Waals surface area contributed by atoms with E-state index in [9.17, 15) is 4.79 Å². The molecule has 1 amide bonds. The van der Waals surface area contributed by atoms with Crippen LogP contribution in [-0.2, 0) is 13.6 Å². The summed E-state index contributed by atoms with van der Waals surface area (Å²) in [6.07, 6.45) is 1.38. The summed E-state index contributed by atoms with van der Waals surface area (Å²) in [7, 11) is 1.88. The Morgan fingerprint density at radius 3 is 2.64 bits per heavy atom. The van der Waals surface area contributed by atoms with E-state index in [-0.39, 0.29) is 5.91 Å². The number of halogens is 1. The standard InChI is InChI=1S/C19H18ClN7O/c1-11-15(12(2)26(3)25-11)9-21-18(28)17-8-16(13-4-6-14(20)7-5-13)24-19-22-10-23-27(17)19/h4-8,10H,9H2,1-3H3,(H,21,28). The number of carbonyl (C=O) groups excluding carboxylic acids is 1. The molecule has 1 N–H and O–H groups in total. The highest BCUT2D eigenvalue weighted by atomic mass is 35.5. The average molecular weight is 396 g/mol. The molecule has 0 bridgehead atoms. The third-order valence-corrected chi connectivity index (χ3v) is 4.96. The van der Waals surface area contributed by atoms with Gasteiger partial charge in [0.05, 0.1) is 11.4 Å². The van der Waals surface area contributed by atoms with E-state index >= 15 is 0 Å². The average Bonchev–Trinajstić information content (AvgIpc) is 3.24. The normalized spacial score (nSPS) is 11.1. The van der Waals surface area contributed by atoms with E-state index in [4.69, 9.17) is 11.6 Å². The zero-order valence-electron chi connectivity index (χ0n) is 15.6. The molecule has 0 spiro atoms. The number of fused-ring (bicyclic) bond motifs is 1. The zero-order chi connectivity index (χ0) is 19.8. The Bertz CT molecular complexity index is 1180. The Labute approximate surface area is 166 Å². The number of aryl methyl sites for hydroxylation is 2. The third kappa shape index (κ3) is 3.22. The van der Waals surface area contributed by atoms with Gasteiger partial charge in [0.15, 0.2) is 0 Å². The molecule has 28 heavy (non-hydrogen) atoms. The van der Waals surface area contributed by atoms with Gasteiger partial charge >= 0.3 is 0 Å². The van der Waals surface area contributed by atoms with E-state index in [0.717, 1.165) is 22.5 Å². The molecule has 8 nitrogen and oxygen atoms in total. The van der Waals surface area contributed by atoms with Gasteiger partial charge in [0, 0.05) is 35.4 Å². The van der Waals surface area contributed by atoms with Crippen molar-refractivity contribution < 1.29 is 4.79 Å². The number of carbonyl (C=O) groups is 1. The number of aromatic nitrogens is 6. The molecular formula is C19H18ClN7O. The van der Waals surface area contributed by atoms with Crippen molar-refractivity contribution in [2.24, 2.45) is 7.05 Å². The van der Waals surface area contributed by atoms with Gasteiger partial charge < -0.3 is 5.32 Å². The summed E-state index contributed by atoms with van der Waals surface area (Å²) in [6, 6.07) is 8.95. The summed E-state index contributed by atoms with van der Waals surface area (Å²) in [5.74, 6) is 0.0853. The molecule has 0 radical (unpaired) electrons. The monoisotopic (exact) mass is 395 g/mol. The molecule has 0 saturated heterocycles. The second kappa shape index (κ2) is 7.05. The Morgan fingerprint density at radius 2 is 1.96 bits per heavy atom. The molecule has 0 aliphatic heterocycles. The molecule has 1 aromatic carbocycles. The maximum atomic E-state index is 12.9. The number of hydrogen-bond acceptors (Lipinski definition) is 5. The fourth-order valence-electron chi connectivity index (χ4n) is 3.08. The number of nitrogens with zero attached hydrogens (tertiary/aromatic N) is 6. The fraction of sp³-hybridized carbons (Fsp3) is 0.211. The largest absolute Gasteiger partial charge is 0.346 e. The molecule has 0 atom stereocenters. The van der Waals surface area contributed by atoms with Crippen LogP contribution in [0.25, 0.3) is 17.0 Å². The quantitative estimate of drug-likeness (QED) is 0.573. The maximum Gasteiger partial charge on any atom is 0.270 e. The van der Waals surface area contributed by atoms with Crippen molar-refractivity contribution in [3.8, 4) is 11.3 Å². The van der Waals surface area contributed by atoms with Crippen molar-refractivity contribution in [2.75, 3.05) is 0 Å². The van der Waals surface area contributed by atoms with Gasteiger partial charge in [-0.05, 0) is 32.0 Å². The number of rotatable bonds is 4. The van der Waals surface area contributed by atoms with Gasteiger partial charge in [-0.15, -0.1) is 0 Å². The van der Waals surface area contributed by atoms with Crippen molar-refractivity contribution in [1.82, 2.24) is 34.7 Å². The minimum absolute atomic E-state index is 0.268. The molecule has 0 saturated carbocycles. The van der Waals surface area contributed by atoms with Crippen molar-refractivity contribution >= 4 is 23.3 Å². The van der Waals surface area contributed by atoms with E-state index in [1.807, 2.05) is 33.0 Å². The van der Waals surface area contributed by atoms with Crippen LogP contribution in [0.3, 0.4) is 0 Å². The maximum absolute atomic E-state index is 12.9. The SMILES string of the molecule is Cc1nn(C)c(C)c1CNC(=O)c1cc(-c2ccc(Cl)cc2)nc2ncnn12. The first-order valence-electron chi connectivity index (χ1n) is 8.68. The summed E-state index contributed by atoms with van der Waals surface area (Å²) >= 11 is 5.97. The fourth-order valence-corrected chi connectivity index (χ4v) is 3.20. The number of amides is 1. The topological polar surface area (TPSA) is 90.0 Å². The van der Waals surface area contributed by atoms with Crippen LogP contribution >= 0.6 is 11.6 Å². The van der Waals surface area contributed by atoms with Crippen LogP contribution in [0.1, 0.15) is 27.4 Å². The van der Waals surface area contributed by atoms with Crippen LogP contribution in [0.4, 0.5) is 0 Å². The second-order valence-corrected chi connectivity index (χ2v) is 6.90. The molecule has 3 heterocycles. The van der Waals surface area contributed by atoms with Crippen LogP contribution in [0.5, 0.6) is 0 Å². The molecule has 4 aromatic rings. The van der Waals surface area contributed by atoms with Crippen LogP contribution < -0.4 is 5.32 Å². The van der Waals surface area contributed by atoms with Gasteiger partial charge in [-0.3, -0.25) is 9.48 Å². The summed E-state index contributed by atoms with van der Waals surface area (Å²) in [5.41, 5.74) is 4.71. The van der Waals surface area contributed by atoms with Gasteiger partial charge in [-0.25, -0.2) is 4.98 Å². The van der Waals surface area contributed by atoms with Gasteiger partial charge in [-0.2, -0.15) is 19.7 Å². The molecule has 0 aliphatic rings. The van der Waals surface area contributed by atoms with Gasteiger partial charge in [-0.1, -0.05) is 23.7 Å². The lowest BCUT2D eigenvalue weighted by atomic mass is 10.1. The van der Waals surface area contributed by atoms with Crippen molar-refractivity contribution in [3.63, 3.8) is 0 Å². The van der Waals surface area contributed by atoms with Crippen molar-refractivity contribution in [3.05, 3.63) is 64.3 Å². The summed E-state index contributed by atoms with van der Waals surface area (Å²) < 4.78 is 3.23. The predicted octanol–water partition coefficient (Wildman–Crippen LogP) is 2.73. The van der Waals surface area contributed by atoms with E-state index in [0.29, 0.717) is 28.7 Å². The van der Waals surface area contributed by atoms with Gasteiger partial charge in [0.25, 0.3) is 11.7 Å². The first-order valence-corrected chi connectivity index (χ1v) is 9.06. The summed E-state index contributed by atoms with van der Waals surface area (Å²) in [5, 5.41) is 12.1. The van der Waals surface area contributed by atoms with E-state index < -0.39 is 0 Å². The minimum Gasteiger partial charge on any atom is -0.346 e. The van der Waals surface area contributed by atoms with Crippen LogP contribution in [-0.4, -0.2) is 35.3 Å². The Balaban J connectivity index is 1.68. The molecule has 0 aliphatic carbocycles. The Morgan fingerprint density at radius 1 is 1.21 bits per heavy atom. The van der Waals surface area contributed by atoms with Crippen LogP contribution in [0.15, 0.2) is 36.7 Å². The minimum atomic E-state index is -0.268.